The molecule has 6 unspecified atom stereocenters. The number of thiazole rings is 1. The minimum Gasteiger partial charge on any atom is -0.383 e. The molecule has 0 amide bonds. The van der Waals surface area contributed by atoms with Crippen molar-refractivity contribution < 1.29 is 9.90 Å². The number of hydrogen-bond donors (Lipinski definition) is 2. The summed E-state index contributed by atoms with van der Waals surface area (Å²) in [6.07, 6.45) is 16.6. The zero-order valence-electron chi connectivity index (χ0n) is 20.4. The molecule has 6 rings (SSSR count). The van der Waals surface area contributed by atoms with Gasteiger partial charge in [-0.25, -0.2) is 4.98 Å². The molecule has 33 heavy (non-hydrogen) atoms. The monoisotopic (exact) mass is 468 g/mol. The fourth-order valence-corrected chi connectivity index (χ4v) is 9.80. The van der Waals surface area contributed by atoms with Gasteiger partial charge in [0.25, 0.3) is 0 Å². The predicted molar refractivity (Wildman–Crippen MR) is 133 cm³/mol. The van der Waals surface area contributed by atoms with Gasteiger partial charge in [0.1, 0.15) is 5.60 Å². The highest BCUT2D eigenvalue weighted by atomic mass is 32.1. The van der Waals surface area contributed by atoms with E-state index in [0.717, 1.165) is 42.9 Å². The van der Waals surface area contributed by atoms with Gasteiger partial charge in [-0.3, -0.25) is 4.79 Å². The van der Waals surface area contributed by atoms with Gasteiger partial charge in [-0.1, -0.05) is 38.7 Å². The lowest BCUT2D eigenvalue weighted by atomic mass is 9.46. The third kappa shape index (κ3) is 3.31. The smallest absolute Gasteiger partial charge is 0.183 e. The molecule has 0 spiro atoms. The zero-order valence-corrected chi connectivity index (χ0v) is 21.2. The lowest BCUT2D eigenvalue weighted by Crippen LogP contribution is -2.53. The first-order valence-corrected chi connectivity index (χ1v) is 14.4. The summed E-state index contributed by atoms with van der Waals surface area (Å²) in [7, 11) is 0. The van der Waals surface area contributed by atoms with Crippen LogP contribution in [0.1, 0.15) is 103 Å². The van der Waals surface area contributed by atoms with Gasteiger partial charge in [0.2, 0.25) is 0 Å². The Morgan fingerprint density at radius 2 is 1.79 bits per heavy atom. The summed E-state index contributed by atoms with van der Waals surface area (Å²) in [5.41, 5.74) is 1.61. The second kappa shape index (κ2) is 7.91. The Labute approximate surface area is 202 Å². The number of hydrogen-bond acceptors (Lipinski definition) is 5. The van der Waals surface area contributed by atoms with E-state index < -0.39 is 5.60 Å². The van der Waals surface area contributed by atoms with E-state index in [1.165, 1.54) is 50.5 Å². The number of rotatable bonds is 3. The van der Waals surface area contributed by atoms with Gasteiger partial charge in [0, 0.05) is 23.3 Å². The van der Waals surface area contributed by atoms with Gasteiger partial charge in [-0.05, 0) is 87.0 Å². The summed E-state index contributed by atoms with van der Waals surface area (Å²) >= 11 is 1.68. The molecule has 0 bridgehead atoms. The SMILES string of the molecule is CC12CCC(=O)C=C1CCC1C2CCC2(C)C1CCC2(O)c1csc(NC2CCCCC2)n1. The van der Waals surface area contributed by atoms with Gasteiger partial charge < -0.3 is 10.4 Å². The van der Waals surface area contributed by atoms with E-state index in [-0.39, 0.29) is 10.8 Å². The van der Waals surface area contributed by atoms with E-state index in [0.29, 0.717) is 36.0 Å². The quantitative estimate of drug-likeness (QED) is 0.524. The van der Waals surface area contributed by atoms with Crippen LogP contribution in [0.25, 0.3) is 0 Å². The van der Waals surface area contributed by atoms with Crippen LogP contribution in [0.5, 0.6) is 0 Å². The minimum atomic E-state index is -0.814. The highest BCUT2D eigenvalue weighted by Crippen LogP contribution is 2.69. The molecule has 5 heteroatoms. The average Bonchev–Trinajstić information content (AvgIpc) is 3.38. The van der Waals surface area contributed by atoms with Crippen LogP contribution in [0.2, 0.25) is 0 Å². The van der Waals surface area contributed by atoms with Crippen molar-refractivity contribution in [3.63, 3.8) is 0 Å². The summed E-state index contributed by atoms with van der Waals surface area (Å²) in [6.45, 7) is 4.81. The molecule has 0 saturated heterocycles. The third-order valence-corrected chi connectivity index (χ3v) is 11.7. The van der Waals surface area contributed by atoms with Crippen molar-refractivity contribution in [2.75, 3.05) is 5.32 Å². The first kappa shape index (κ1) is 22.3. The van der Waals surface area contributed by atoms with Crippen LogP contribution in [0, 0.1) is 28.6 Å². The molecule has 4 nitrogen and oxygen atoms in total. The molecule has 0 aliphatic heterocycles. The largest absolute Gasteiger partial charge is 0.383 e. The summed E-state index contributed by atoms with van der Waals surface area (Å²) < 4.78 is 0. The summed E-state index contributed by atoms with van der Waals surface area (Å²) in [5.74, 6) is 2.20. The second-order valence-electron chi connectivity index (χ2n) is 12.3. The van der Waals surface area contributed by atoms with E-state index in [1.54, 1.807) is 11.3 Å². The third-order valence-electron chi connectivity index (χ3n) is 11.0. The number of carbonyl (C=O) groups excluding carboxylic acids is 1. The molecule has 1 aromatic rings. The lowest BCUT2D eigenvalue weighted by Gasteiger charge is -2.59. The van der Waals surface area contributed by atoms with Crippen LogP contribution in [0.15, 0.2) is 17.0 Å². The number of carbonyl (C=O) groups is 1. The molecule has 5 aliphatic rings. The lowest BCUT2D eigenvalue weighted by molar-refractivity contribution is -0.135. The van der Waals surface area contributed by atoms with Crippen molar-refractivity contribution in [3.8, 4) is 0 Å². The highest BCUT2D eigenvalue weighted by molar-refractivity contribution is 7.13. The fourth-order valence-electron chi connectivity index (χ4n) is 8.95. The topological polar surface area (TPSA) is 62.2 Å². The molecule has 1 aromatic heterocycles. The number of ketones is 1. The molecule has 2 N–H and O–H groups in total. The molecule has 4 fully saturated rings. The number of nitrogens with zero attached hydrogens (tertiary/aromatic N) is 1. The Morgan fingerprint density at radius 1 is 1.00 bits per heavy atom. The standard InChI is InChI=1S/C28H40N2O2S/c1-26-13-10-20(31)16-18(26)8-9-21-22(26)11-14-27(2)23(21)12-15-28(27,32)24-17-33-25(30-24)29-19-6-4-3-5-7-19/h16-17,19,21-23,32H,3-15H2,1-2H3,(H,29,30). The summed E-state index contributed by atoms with van der Waals surface area (Å²) in [4.78, 5) is 17.1. The highest BCUT2D eigenvalue weighted by Gasteiger charge is 2.65. The maximum Gasteiger partial charge on any atom is 0.183 e. The molecule has 5 aliphatic carbocycles. The van der Waals surface area contributed by atoms with E-state index in [2.05, 4.69) is 24.5 Å². The average molecular weight is 469 g/mol. The first-order chi connectivity index (χ1) is 15.8. The molecular formula is C28H40N2O2S. The second-order valence-corrected chi connectivity index (χ2v) is 13.2. The molecule has 0 radical (unpaired) electrons. The van der Waals surface area contributed by atoms with Crippen LogP contribution in [0.3, 0.4) is 0 Å². The predicted octanol–water partition coefficient (Wildman–Crippen LogP) is 6.61. The number of fused-ring (bicyclic) bond motifs is 5. The van der Waals surface area contributed by atoms with E-state index in [9.17, 15) is 9.90 Å². The zero-order chi connectivity index (χ0) is 22.8. The maximum atomic E-state index is 12.2. The Hall–Kier alpha value is -1.20. The normalized spacial score (nSPS) is 43.4. The van der Waals surface area contributed by atoms with E-state index >= 15 is 0 Å². The van der Waals surface area contributed by atoms with Crippen molar-refractivity contribution in [2.45, 2.75) is 109 Å². The number of allylic oxidation sites excluding steroid dienone is 1. The van der Waals surface area contributed by atoms with Crippen LogP contribution < -0.4 is 5.32 Å². The number of aromatic nitrogens is 1. The van der Waals surface area contributed by atoms with Crippen molar-refractivity contribution in [3.05, 3.63) is 22.7 Å². The minimum absolute atomic E-state index is 0.105. The van der Waals surface area contributed by atoms with E-state index in [4.69, 9.17) is 4.98 Å². The first-order valence-electron chi connectivity index (χ1n) is 13.5. The Morgan fingerprint density at radius 3 is 2.61 bits per heavy atom. The molecule has 4 saturated carbocycles. The van der Waals surface area contributed by atoms with Crippen molar-refractivity contribution in [1.29, 1.82) is 0 Å². The molecule has 0 aromatic carbocycles. The molecular weight excluding hydrogens is 428 g/mol. The van der Waals surface area contributed by atoms with Gasteiger partial charge in [-0.15, -0.1) is 11.3 Å². The van der Waals surface area contributed by atoms with Crippen molar-refractivity contribution in [2.24, 2.45) is 28.6 Å². The van der Waals surface area contributed by atoms with E-state index in [1.807, 2.05) is 6.08 Å². The van der Waals surface area contributed by atoms with Crippen LogP contribution in [-0.2, 0) is 10.4 Å². The van der Waals surface area contributed by atoms with Crippen molar-refractivity contribution in [1.82, 2.24) is 4.98 Å². The summed E-state index contributed by atoms with van der Waals surface area (Å²) in [5, 5.41) is 19.0. The van der Waals surface area contributed by atoms with Crippen LogP contribution in [0.4, 0.5) is 5.13 Å². The number of aliphatic hydroxyl groups is 1. The van der Waals surface area contributed by atoms with Crippen LogP contribution in [-0.4, -0.2) is 21.9 Å². The fraction of sp³-hybridized carbons (Fsp3) is 0.786. The molecule has 180 valence electrons. The Bertz CT molecular complexity index is 965. The molecule has 6 atom stereocenters. The maximum absolute atomic E-state index is 12.2. The van der Waals surface area contributed by atoms with Crippen molar-refractivity contribution >= 4 is 22.3 Å². The van der Waals surface area contributed by atoms with Gasteiger partial charge >= 0.3 is 0 Å². The van der Waals surface area contributed by atoms with Gasteiger partial charge in [-0.2, -0.15) is 0 Å². The number of anilines is 1. The Balaban J connectivity index is 1.25. The summed E-state index contributed by atoms with van der Waals surface area (Å²) in [6, 6.07) is 0.544. The van der Waals surface area contributed by atoms with Gasteiger partial charge in [0.05, 0.1) is 5.69 Å². The Kier molecular flexibility index (Phi) is 5.34. The van der Waals surface area contributed by atoms with Crippen LogP contribution >= 0.6 is 11.3 Å². The molecule has 1 heterocycles. The van der Waals surface area contributed by atoms with Gasteiger partial charge in [0.15, 0.2) is 10.9 Å². The number of nitrogens with one attached hydrogen (secondary N) is 1.